The lowest BCUT2D eigenvalue weighted by Crippen LogP contribution is -2.12. The standard InChI is InChI=1S/C9H11N5O/c1-2-10-5-8-13-9(15-14-8)7-3-11-6-12-4-7/h3-4,6,10H,2,5H2,1H3. The predicted octanol–water partition coefficient (Wildman–Crippen LogP) is 0.636. The Morgan fingerprint density at radius 1 is 1.33 bits per heavy atom. The second kappa shape index (κ2) is 4.61. The van der Waals surface area contributed by atoms with Gasteiger partial charge in [-0.3, -0.25) is 0 Å². The molecule has 1 N–H and O–H groups in total. The zero-order chi connectivity index (χ0) is 10.5. The highest BCUT2D eigenvalue weighted by Gasteiger charge is 2.07. The van der Waals surface area contributed by atoms with Crippen LogP contribution in [0.4, 0.5) is 0 Å². The summed E-state index contributed by atoms with van der Waals surface area (Å²) in [6, 6.07) is 0. The van der Waals surface area contributed by atoms with E-state index in [0.29, 0.717) is 18.3 Å². The van der Waals surface area contributed by atoms with Gasteiger partial charge in [0.15, 0.2) is 5.82 Å². The minimum atomic E-state index is 0.448. The molecule has 78 valence electrons. The Morgan fingerprint density at radius 3 is 2.87 bits per heavy atom. The zero-order valence-corrected chi connectivity index (χ0v) is 8.34. The van der Waals surface area contributed by atoms with Gasteiger partial charge in [0.25, 0.3) is 5.89 Å². The van der Waals surface area contributed by atoms with Crippen molar-refractivity contribution in [3.8, 4) is 11.5 Å². The average molecular weight is 205 g/mol. The van der Waals surface area contributed by atoms with Gasteiger partial charge >= 0.3 is 0 Å². The maximum atomic E-state index is 5.07. The monoisotopic (exact) mass is 205 g/mol. The second-order valence-electron chi connectivity index (χ2n) is 2.92. The summed E-state index contributed by atoms with van der Waals surface area (Å²) in [4.78, 5) is 12.0. The zero-order valence-electron chi connectivity index (χ0n) is 8.34. The minimum Gasteiger partial charge on any atom is -0.334 e. The summed E-state index contributed by atoms with van der Waals surface area (Å²) in [5.41, 5.74) is 0.729. The molecule has 0 bridgehead atoms. The molecule has 0 amide bonds. The van der Waals surface area contributed by atoms with Gasteiger partial charge in [0.1, 0.15) is 6.33 Å². The highest BCUT2D eigenvalue weighted by atomic mass is 16.5. The van der Waals surface area contributed by atoms with E-state index in [0.717, 1.165) is 12.1 Å². The Morgan fingerprint density at radius 2 is 2.13 bits per heavy atom. The maximum absolute atomic E-state index is 5.07. The first kappa shape index (κ1) is 9.72. The molecule has 0 spiro atoms. The first-order chi connectivity index (χ1) is 7.40. The Kier molecular flexibility index (Phi) is 2.99. The van der Waals surface area contributed by atoms with Gasteiger partial charge < -0.3 is 9.84 Å². The molecule has 0 saturated carbocycles. The molecule has 0 aliphatic rings. The van der Waals surface area contributed by atoms with Crippen LogP contribution in [0.25, 0.3) is 11.5 Å². The summed E-state index contributed by atoms with van der Waals surface area (Å²) in [6.45, 7) is 3.50. The molecule has 6 nitrogen and oxygen atoms in total. The van der Waals surface area contributed by atoms with Crippen molar-refractivity contribution in [1.29, 1.82) is 0 Å². The molecule has 0 fully saturated rings. The number of hydrogen-bond donors (Lipinski definition) is 1. The van der Waals surface area contributed by atoms with Gasteiger partial charge in [-0.15, -0.1) is 0 Å². The van der Waals surface area contributed by atoms with Crippen molar-refractivity contribution in [3.63, 3.8) is 0 Å². The Balaban J connectivity index is 2.14. The van der Waals surface area contributed by atoms with Gasteiger partial charge in [-0.1, -0.05) is 12.1 Å². The lowest BCUT2D eigenvalue weighted by molar-refractivity contribution is 0.419. The molecule has 0 unspecified atom stereocenters. The molecule has 0 aromatic carbocycles. The molecule has 2 heterocycles. The summed E-state index contributed by atoms with van der Waals surface area (Å²) >= 11 is 0. The quantitative estimate of drug-likeness (QED) is 0.789. The van der Waals surface area contributed by atoms with Crippen LogP contribution in [-0.2, 0) is 6.54 Å². The van der Waals surface area contributed by atoms with E-state index >= 15 is 0 Å². The summed E-state index contributed by atoms with van der Waals surface area (Å²) in [7, 11) is 0. The molecule has 0 saturated heterocycles. The number of hydrogen-bond acceptors (Lipinski definition) is 6. The van der Waals surface area contributed by atoms with Crippen LogP contribution >= 0.6 is 0 Å². The predicted molar refractivity (Wildman–Crippen MR) is 52.7 cm³/mol. The van der Waals surface area contributed by atoms with Crippen LogP contribution in [0.15, 0.2) is 23.2 Å². The molecule has 0 radical (unpaired) electrons. The van der Waals surface area contributed by atoms with Crippen LogP contribution in [0.2, 0.25) is 0 Å². The van der Waals surface area contributed by atoms with Crippen molar-refractivity contribution in [2.45, 2.75) is 13.5 Å². The molecular formula is C9H11N5O. The van der Waals surface area contributed by atoms with E-state index in [9.17, 15) is 0 Å². The van der Waals surface area contributed by atoms with E-state index in [1.807, 2.05) is 6.92 Å². The van der Waals surface area contributed by atoms with E-state index in [1.165, 1.54) is 6.33 Å². The largest absolute Gasteiger partial charge is 0.334 e. The average Bonchev–Trinajstić information content (AvgIpc) is 2.76. The first-order valence-corrected chi connectivity index (χ1v) is 4.69. The third-order valence-corrected chi connectivity index (χ3v) is 1.81. The Labute approximate surface area is 86.8 Å². The van der Waals surface area contributed by atoms with E-state index in [-0.39, 0.29) is 0 Å². The van der Waals surface area contributed by atoms with Crippen LogP contribution in [-0.4, -0.2) is 26.7 Å². The van der Waals surface area contributed by atoms with Crippen LogP contribution < -0.4 is 5.32 Å². The van der Waals surface area contributed by atoms with Crippen molar-refractivity contribution in [2.24, 2.45) is 0 Å². The summed E-state index contributed by atoms with van der Waals surface area (Å²) in [5, 5.41) is 6.94. The smallest absolute Gasteiger partial charge is 0.261 e. The third kappa shape index (κ3) is 2.35. The molecule has 15 heavy (non-hydrogen) atoms. The number of nitrogens with zero attached hydrogens (tertiary/aromatic N) is 4. The van der Waals surface area contributed by atoms with E-state index in [4.69, 9.17) is 4.52 Å². The summed E-state index contributed by atoms with van der Waals surface area (Å²) in [6.07, 6.45) is 4.73. The highest BCUT2D eigenvalue weighted by Crippen LogP contribution is 2.13. The number of aromatic nitrogens is 4. The molecule has 2 aromatic rings. The second-order valence-corrected chi connectivity index (χ2v) is 2.92. The lowest BCUT2D eigenvalue weighted by atomic mass is 10.3. The fourth-order valence-corrected chi connectivity index (χ4v) is 1.09. The molecule has 6 heteroatoms. The molecule has 2 rings (SSSR count). The molecule has 0 aliphatic heterocycles. The number of rotatable bonds is 4. The van der Waals surface area contributed by atoms with Crippen molar-refractivity contribution >= 4 is 0 Å². The van der Waals surface area contributed by atoms with Crippen molar-refractivity contribution in [2.75, 3.05) is 6.54 Å². The Hall–Kier alpha value is -1.82. The highest BCUT2D eigenvalue weighted by molar-refractivity contribution is 5.48. The normalized spacial score (nSPS) is 10.5. The minimum absolute atomic E-state index is 0.448. The maximum Gasteiger partial charge on any atom is 0.261 e. The fraction of sp³-hybridized carbons (Fsp3) is 0.333. The molecule has 0 aliphatic carbocycles. The van der Waals surface area contributed by atoms with Crippen molar-refractivity contribution in [1.82, 2.24) is 25.4 Å². The summed E-state index contributed by atoms with van der Waals surface area (Å²) < 4.78 is 5.07. The third-order valence-electron chi connectivity index (χ3n) is 1.81. The van der Waals surface area contributed by atoms with E-state index < -0.39 is 0 Å². The van der Waals surface area contributed by atoms with Crippen molar-refractivity contribution in [3.05, 3.63) is 24.5 Å². The summed E-state index contributed by atoms with van der Waals surface area (Å²) in [5.74, 6) is 1.08. The van der Waals surface area contributed by atoms with Gasteiger partial charge in [0.05, 0.1) is 12.1 Å². The van der Waals surface area contributed by atoms with Crippen LogP contribution in [0.1, 0.15) is 12.7 Å². The van der Waals surface area contributed by atoms with Gasteiger partial charge in [-0.05, 0) is 6.54 Å². The molecule has 0 atom stereocenters. The topological polar surface area (TPSA) is 76.7 Å². The Bertz CT molecular complexity index is 413. The van der Waals surface area contributed by atoms with Crippen LogP contribution in [0, 0.1) is 0 Å². The van der Waals surface area contributed by atoms with Crippen molar-refractivity contribution < 1.29 is 4.52 Å². The first-order valence-electron chi connectivity index (χ1n) is 4.69. The SMILES string of the molecule is CCNCc1noc(-c2cncnc2)n1. The van der Waals surface area contributed by atoms with E-state index in [1.54, 1.807) is 12.4 Å². The van der Waals surface area contributed by atoms with Crippen LogP contribution in [0.3, 0.4) is 0 Å². The molecular weight excluding hydrogens is 194 g/mol. The fourth-order valence-electron chi connectivity index (χ4n) is 1.09. The van der Waals surface area contributed by atoms with Gasteiger partial charge in [0, 0.05) is 12.4 Å². The lowest BCUT2D eigenvalue weighted by Gasteiger charge is -1.92. The van der Waals surface area contributed by atoms with E-state index in [2.05, 4.69) is 25.4 Å². The van der Waals surface area contributed by atoms with Gasteiger partial charge in [-0.25, -0.2) is 9.97 Å². The number of nitrogens with one attached hydrogen (secondary N) is 1. The van der Waals surface area contributed by atoms with Gasteiger partial charge in [-0.2, -0.15) is 4.98 Å². The van der Waals surface area contributed by atoms with Gasteiger partial charge in [0.2, 0.25) is 0 Å². The molecule has 2 aromatic heterocycles. The van der Waals surface area contributed by atoms with Crippen LogP contribution in [0.5, 0.6) is 0 Å².